The van der Waals surface area contributed by atoms with Crippen molar-refractivity contribution in [1.82, 2.24) is 20.1 Å². The molecular formula is C22H24ClN5. The highest BCUT2D eigenvalue weighted by molar-refractivity contribution is 6.30. The fraction of sp³-hybridized carbons (Fsp3) is 0.364. The molecule has 0 bridgehead atoms. The molecule has 1 aliphatic carbocycles. The van der Waals surface area contributed by atoms with Crippen molar-refractivity contribution in [2.45, 2.75) is 37.8 Å². The van der Waals surface area contributed by atoms with E-state index in [0.717, 1.165) is 52.1 Å². The topological polar surface area (TPSA) is 56.8 Å². The Morgan fingerprint density at radius 2 is 1.64 bits per heavy atom. The number of rotatable bonds is 5. The van der Waals surface area contributed by atoms with Crippen molar-refractivity contribution in [2.75, 3.05) is 18.4 Å². The lowest BCUT2D eigenvalue weighted by atomic mass is 10.00. The van der Waals surface area contributed by atoms with Gasteiger partial charge in [0, 0.05) is 48.2 Å². The van der Waals surface area contributed by atoms with Crippen LogP contribution in [-0.2, 0) is 0 Å². The summed E-state index contributed by atoms with van der Waals surface area (Å²) in [6, 6.07) is 13.3. The van der Waals surface area contributed by atoms with Crippen LogP contribution in [0.15, 0.2) is 48.8 Å². The monoisotopic (exact) mass is 393 g/mol. The molecule has 2 fully saturated rings. The van der Waals surface area contributed by atoms with E-state index in [1.165, 1.54) is 25.9 Å². The van der Waals surface area contributed by atoms with Crippen LogP contribution in [0.2, 0.25) is 5.02 Å². The van der Waals surface area contributed by atoms with Gasteiger partial charge in [0.15, 0.2) is 5.82 Å². The standard InChI is InChI=1S/C22H24ClN5/c23-17-3-1-16(2-4-17)21-20(15-7-11-24-12-8-15)22(27-26-21)25-18-9-13-28(14-10-18)19-5-6-19/h1-4,7-8,11-12,18-19H,5-6,9-10,13-14H2,(H2,25,26,27). The molecule has 2 aromatic heterocycles. The number of hydrogen-bond donors (Lipinski definition) is 2. The van der Waals surface area contributed by atoms with Gasteiger partial charge in [0.1, 0.15) is 0 Å². The Bertz CT molecular complexity index is 925. The van der Waals surface area contributed by atoms with Gasteiger partial charge in [-0.25, -0.2) is 0 Å². The summed E-state index contributed by atoms with van der Waals surface area (Å²) in [7, 11) is 0. The van der Waals surface area contributed by atoms with Crippen molar-refractivity contribution in [1.29, 1.82) is 0 Å². The zero-order chi connectivity index (χ0) is 18.9. The largest absolute Gasteiger partial charge is 0.365 e. The zero-order valence-corrected chi connectivity index (χ0v) is 16.5. The number of piperidine rings is 1. The van der Waals surface area contributed by atoms with Crippen molar-refractivity contribution in [2.24, 2.45) is 0 Å². The third-order valence-electron chi connectivity index (χ3n) is 5.80. The molecule has 2 aliphatic rings. The first-order valence-electron chi connectivity index (χ1n) is 10.0. The van der Waals surface area contributed by atoms with Gasteiger partial charge in [-0.05, 0) is 55.5 Å². The van der Waals surface area contributed by atoms with E-state index in [1.807, 2.05) is 48.8 Å². The maximum absolute atomic E-state index is 6.08. The van der Waals surface area contributed by atoms with Crippen molar-refractivity contribution in [3.63, 3.8) is 0 Å². The second-order valence-electron chi connectivity index (χ2n) is 7.75. The molecule has 3 aromatic rings. The Morgan fingerprint density at radius 1 is 0.929 bits per heavy atom. The molecule has 1 saturated carbocycles. The highest BCUT2D eigenvalue weighted by Gasteiger charge is 2.32. The fourth-order valence-electron chi connectivity index (χ4n) is 4.11. The lowest BCUT2D eigenvalue weighted by Crippen LogP contribution is -2.40. The number of likely N-dealkylation sites (tertiary alicyclic amines) is 1. The summed E-state index contributed by atoms with van der Waals surface area (Å²) in [4.78, 5) is 6.82. The van der Waals surface area contributed by atoms with Crippen LogP contribution in [-0.4, -0.2) is 45.3 Å². The normalized spacial score (nSPS) is 18.3. The quantitative estimate of drug-likeness (QED) is 0.651. The van der Waals surface area contributed by atoms with E-state index in [9.17, 15) is 0 Å². The number of halogens is 1. The smallest absolute Gasteiger partial charge is 0.156 e. The van der Waals surface area contributed by atoms with Crippen molar-refractivity contribution >= 4 is 17.4 Å². The van der Waals surface area contributed by atoms with Gasteiger partial charge < -0.3 is 10.2 Å². The first kappa shape index (κ1) is 17.7. The SMILES string of the molecule is Clc1ccc(-c2[nH]nc(NC3CCN(C4CC4)CC3)c2-c2ccncc2)cc1. The summed E-state index contributed by atoms with van der Waals surface area (Å²) >= 11 is 6.08. The predicted octanol–water partition coefficient (Wildman–Crippen LogP) is 4.83. The van der Waals surface area contributed by atoms with E-state index in [4.69, 9.17) is 11.6 Å². The van der Waals surface area contributed by atoms with Crippen LogP contribution in [0.3, 0.4) is 0 Å². The molecule has 0 radical (unpaired) electrons. The molecule has 1 saturated heterocycles. The molecule has 1 aliphatic heterocycles. The summed E-state index contributed by atoms with van der Waals surface area (Å²) in [5.41, 5.74) is 4.27. The first-order valence-corrected chi connectivity index (χ1v) is 10.4. The summed E-state index contributed by atoms with van der Waals surface area (Å²) < 4.78 is 0. The molecule has 0 atom stereocenters. The highest BCUT2D eigenvalue weighted by atomic mass is 35.5. The van der Waals surface area contributed by atoms with Gasteiger partial charge in [-0.1, -0.05) is 23.7 Å². The van der Waals surface area contributed by atoms with Gasteiger partial charge in [-0.2, -0.15) is 5.10 Å². The number of benzene rings is 1. The molecule has 28 heavy (non-hydrogen) atoms. The Kier molecular flexibility index (Phi) is 4.79. The minimum atomic E-state index is 0.456. The van der Waals surface area contributed by atoms with Crippen LogP contribution in [0, 0.1) is 0 Å². The second-order valence-corrected chi connectivity index (χ2v) is 8.19. The van der Waals surface area contributed by atoms with Crippen molar-refractivity contribution in [3.8, 4) is 22.4 Å². The number of nitrogens with one attached hydrogen (secondary N) is 2. The Labute approximate surface area is 170 Å². The van der Waals surface area contributed by atoms with Crippen LogP contribution in [0.5, 0.6) is 0 Å². The van der Waals surface area contributed by atoms with Gasteiger partial charge in [0.2, 0.25) is 0 Å². The van der Waals surface area contributed by atoms with Gasteiger partial charge in [0.05, 0.1) is 11.3 Å². The summed E-state index contributed by atoms with van der Waals surface area (Å²) in [5.74, 6) is 0.918. The van der Waals surface area contributed by atoms with Crippen LogP contribution >= 0.6 is 11.6 Å². The predicted molar refractivity (Wildman–Crippen MR) is 114 cm³/mol. The minimum absolute atomic E-state index is 0.456. The van der Waals surface area contributed by atoms with E-state index >= 15 is 0 Å². The van der Waals surface area contributed by atoms with E-state index < -0.39 is 0 Å². The number of aromatic amines is 1. The highest BCUT2D eigenvalue weighted by Crippen LogP contribution is 2.37. The number of anilines is 1. The minimum Gasteiger partial charge on any atom is -0.365 e. The molecule has 3 heterocycles. The zero-order valence-electron chi connectivity index (χ0n) is 15.7. The maximum atomic E-state index is 6.08. The molecule has 5 rings (SSSR count). The Hall–Kier alpha value is -2.37. The van der Waals surface area contributed by atoms with E-state index in [0.29, 0.717) is 6.04 Å². The summed E-state index contributed by atoms with van der Waals surface area (Å²) in [5, 5.41) is 12.3. The maximum Gasteiger partial charge on any atom is 0.156 e. The van der Waals surface area contributed by atoms with Gasteiger partial charge in [0.25, 0.3) is 0 Å². The lowest BCUT2D eigenvalue weighted by Gasteiger charge is -2.32. The number of hydrogen-bond acceptors (Lipinski definition) is 4. The average Bonchev–Trinajstić information content (AvgIpc) is 3.51. The lowest BCUT2D eigenvalue weighted by molar-refractivity contribution is 0.210. The van der Waals surface area contributed by atoms with E-state index in [-0.39, 0.29) is 0 Å². The molecule has 0 spiro atoms. The third kappa shape index (κ3) is 3.64. The molecule has 144 valence electrons. The molecule has 0 unspecified atom stereocenters. The van der Waals surface area contributed by atoms with Crippen LogP contribution in [0.4, 0.5) is 5.82 Å². The average molecular weight is 394 g/mol. The van der Waals surface area contributed by atoms with Crippen LogP contribution < -0.4 is 5.32 Å². The molecular weight excluding hydrogens is 370 g/mol. The number of aromatic nitrogens is 3. The van der Waals surface area contributed by atoms with E-state index in [1.54, 1.807) is 0 Å². The molecule has 5 nitrogen and oxygen atoms in total. The molecule has 0 amide bonds. The first-order chi connectivity index (χ1) is 13.8. The summed E-state index contributed by atoms with van der Waals surface area (Å²) in [6.07, 6.45) is 8.74. The van der Waals surface area contributed by atoms with Crippen molar-refractivity contribution < 1.29 is 0 Å². The van der Waals surface area contributed by atoms with Gasteiger partial charge >= 0.3 is 0 Å². The second kappa shape index (κ2) is 7.57. The molecule has 1 aromatic carbocycles. The Morgan fingerprint density at radius 3 is 2.32 bits per heavy atom. The number of H-pyrrole nitrogens is 1. The number of pyridine rings is 1. The summed E-state index contributed by atoms with van der Waals surface area (Å²) in [6.45, 7) is 2.36. The van der Waals surface area contributed by atoms with Crippen LogP contribution in [0.25, 0.3) is 22.4 Å². The van der Waals surface area contributed by atoms with E-state index in [2.05, 4.69) is 25.4 Å². The molecule has 6 heteroatoms. The van der Waals surface area contributed by atoms with Crippen LogP contribution in [0.1, 0.15) is 25.7 Å². The third-order valence-corrected chi connectivity index (χ3v) is 6.05. The van der Waals surface area contributed by atoms with Gasteiger partial charge in [-0.3, -0.25) is 10.1 Å². The Balaban J connectivity index is 1.43. The number of nitrogens with zero attached hydrogens (tertiary/aromatic N) is 3. The fourth-order valence-corrected chi connectivity index (χ4v) is 4.24. The molecule has 2 N–H and O–H groups in total. The van der Waals surface area contributed by atoms with Gasteiger partial charge in [-0.15, -0.1) is 0 Å². The van der Waals surface area contributed by atoms with Crippen molar-refractivity contribution in [3.05, 3.63) is 53.8 Å².